The molecule has 0 aromatic heterocycles. The fraction of sp³-hybridized carbons (Fsp3) is 0.364. The molecule has 0 fully saturated rings. The lowest BCUT2D eigenvalue weighted by molar-refractivity contribution is -0.149. The summed E-state index contributed by atoms with van der Waals surface area (Å²) < 4.78 is 10.1. The van der Waals surface area contributed by atoms with Crippen LogP contribution >= 0.6 is 0 Å². The predicted octanol–water partition coefficient (Wildman–Crippen LogP) is 1.60. The Bertz CT molecular complexity index is 319. The Morgan fingerprint density at radius 3 is 2.47 bits per heavy atom. The van der Waals surface area contributed by atoms with Gasteiger partial charge in [-0.25, -0.2) is 4.79 Å². The zero-order chi connectivity index (χ0) is 11.3. The van der Waals surface area contributed by atoms with E-state index in [1.54, 1.807) is 38.1 Å². The van der Waals surface area contributed by atoms with Gasteiger partial charge >= 0.3 is 5.97 Å². The second-order valence-corrected chi connectivity index (χ2v) is 3.40. The van der Waals surface area contributed by atoms with Crippen LogP contribution in [0.25, 0.3) is 0 Å². The van der Waals surface area contributed by atoms with E-state index >= 15 is 0 Å². The molecule has 0 spiro atoms. The SMILES string of the molecule is CC(C)OC(=O)COc1ccc(N)cc1. The number of carbonyl (C=O) groups is 1. The van der Waals surface area contributed by atoms with Crippen molar-refractivity contribution in [3.05, 3.63) is 24.3 Å². The summed E-state index contributed by atoms with van der Waals surface area (Å²) in [4.78, 5) is 11.1. The Kier molecular flexibility index (Phi) is 3.97. The van der Waals surface area contributed by atoms with Gasteiger partial charge in [0.05, 0.1) is 6.10 Å². The topological polar surface area (TPSA) is 61.5 Å². The first-order chi connectivity index (χ1) is 7.08. The van der Waals surface area contributed by atoms with E-state index in [1.807, 2.05) is 0 Å². The Balaban J connectivity index is 2.37. The van der Waals surface area contributed by atoms with Crippen molar-refractivity contribution in [1.82, 2.24) is 0 Å². The second-order valence-electron chi connectivity index (χ2n) is 3.40. The Morgan fingerprint density at radius 2 is 1.93 bits per heavy atom. The maximum absolute atomic E-state index is 11.1. The van der Waals surface area contributed by atoms with E-state index in [2.05, 4.69) is 0 Å². The van der Waals surface area contributed by atoms with Gasteiger partial charge in [0.25, 0.3) is 0 Å². The van der Waals surface area contributed by atoms with Gasteiger partial charge in [0, 0.05) is 5.69 Å². The highest BCUT2D eigenvalue weighted by Crippen LogP contribution is 2.12. The van der Waals surface area contributed by atoms with E-state index in [0.29, 0.717) is 11.4 Å². The van der Waals surface area contributed by atoms with Crippen LogP contribution in [0.2, 0.25) is 0 Å². The van der Waals surface area contributed by atoms with E-state index in [9.17, 15) is 4.79 Å². The van der Waals surface area contributed by atoms with Gasteiger partial charge in [-0.2, -0.15) is 0 Å². The molecule has 4 heteroatoms. The van der Waals surface area contributed by atoms with Crippen molar-refractivity contribution in [3.8, 4) is 5.75 Å². The number of nitrogens with two attached hydrogens (primary N) is 1. The van der Waals surface area contributed by atoms with Crippen molar-refractivity contribution in [3.63, 3.8) is 0 Å². The summed E-state index contributed by atoms with van der Waals surface area (Å²) in [6, 6.07) is 6.84. The van der Waals surface area contributed by atoms with Gasteiger partial charge in [-0.15, -0.1) is 0 Å². The van der Waals surface area contributed by atoms with Gasteiger partial charge in [0.15, 0.2) is 6.61 Å². The molecule has 82 valence electrons. The minimum absolute atomic E-state index is 0.0813. The molecule has 0 aliphatic heterocycles. The molecule has 0 saturated heterocycles. The molecule has 0 bridgehead atoms. The monoisotopic (exact) mass is 209 g/mol. The van der Waals surface area contributed by atoms with E-state index in [1.165, 1.54) is 0 Å². The maximum atomic E-state index is 11.1. The molecule has 1 rings (SSSR count). The van der Waals surface area contributed by atoms with E-state index in [-0.39, 0.29) is 18.7 Å². The normalized spacial score (nSPS) is 10.1. The summed E-state index contributed by atoms with van der Waals surface area (Å²) in [6.07, 6.45) is -0.118. The van der Waals surface area contributed by atoms with Crippen LogP contribution < -0.4 is 10.5 Å². The van der Waals surface area contributed by atoms with Crippen molar-refractivity contribution in [2.45, 2.75) is 20.0 Å². The highest BCUT2D eigenvalue weighted by molar-refractivity contribution is 5.71. The Morgan fingerprint density at radius 1 is 1.33 bits per heavy atom. The van der Waals surface area contributed by atoms with Crippen LogP contribution in [0, 0.1) is 0 Å². The summed E-state index contributed by atoms with van der Waals surface area (Å²) >= 11 is 0. The molecule has 0 aliphatic rings. The molecule has 0 saturated carbocycles. The van der Waals surface area contributed by atoms with E-state index in [0.717, 1.165) is 0 Å². The van der Waals surface area contributed by atoms with Gasteiger partial charge in [-0.3, -0.25) is 0 Å². The third kappa shape index (κ3) is 4.35. The fourth-order valence-electron chi connectivity index (χ4n) is 1.00. The smallest absolute Gasteiger partial charge is 0.344 e. The van der Waals surface area contributed by atoms with Crippen LogP contribution in [0.5, 0.6) is 5.75 Å². The highest BCUT2D eigenvalue weighted by atomic mass is 16.6. The summed E-state index contributed by atoms with van der Waals surface area (Å²) in [5.74, 6) is 0.228. The molecule has 4 nitrogen and oxygen atoms in total. The summed E-state index contributed by atoms with van der Waals surface area (Å²) in [5.41, 5.74) is 6.16. The number of ether oxygens (including phenoxy) is 2. The number of anilines is 1. The molecular weight excluding hydrogens is 194 g/mol. The fourth-order valence-corrected chi connectivity index (χ4v) is 1.00. The minimum atomic E-state index is -0.373. The average molecular weight is 209 g/mol. The molecule has 1 aromatic rings. The van der Waals surface area contributed by atoms with Crippen LogP contribution in [-0.4, -0.2) is 18.7 Å². The number of nitrogen functional groups attached to an aromatic ring is 1. The Labute approximate surface area is 89.0 Å². The van der Waals surface area contributed by atoms with Crippen LogP contribution in [0.4, 0.5) is 5.69 Å². The van der Waals surface area contributed by atoms with Crippen molar-refractivity contribution in [1.29, 1.82) is 0 Å². The first-order valence-electron chi connectivity index (χ1n) is 4.76. The van der Waals surface area contributed by atoms with Crippen molar-refractivity contribution < 1.29 is 14.3 Å². The summed E-state index contributed by atoms with van der Waals surface area (Å²) in [5, 5.41) is 0. The molecule has 2 N–H and O–H groups in total. The first kappa shape index (κ1) is 11.4. The van der Waals surface area contributed by atoms with Crippen molar-refractivity contribution in [2.75, 3.05) is 12.3 Å². The number of hydrogen-bond donors (Lipinski definition) is 1. The lowest BCUT2D eigenvalue weighted by atomic mass is 10.3. The van der Waals surface area contributed by atoms with E-state index < -0.39 is 0 Å². The lowest BCUT2D eigenvalue weighted by Crippen LogP contribution is -2.18. The molecule has 0 unspecified atom stereocenters. The highest BCUT2D eigenvalue weighted by Gasteiger charge is 2.05. The number of carbonyl (C=O) groups excluding carboxylic acids is 1. The first-order valence-corrected chi connectivity index (χ1v) is 4.76. The molecule has 15 heavy (non-hydrogen) atoms. The van der Waals surface area contributed by atoms with Gasteiger partial charge in [-0.05, 0) is 38.1 Å². The van der Waals surface area contributed by atoms with Crippen LogP contribution in [0.1, 0.15) is 13.8 Å². The van der Waals surface area contributed by atoms with Gasteiger partial charge < -0.3 is 15.2 Å². The molecule has 0 radical (unpaired) electrons. The van der Waals surface area contributed by atoms with Crippen molar-refractivity contribution >= 4 is 11.7 Å². The van der Waals surface area contributed by atoms with Crippen LogP contribution in [-0.2, 0) is 9.53 Å². The quantitative estimate of drug-likeness (QED) is 0.604. The third-order valence-corrected chi connectivity index (χ3v) is 1.60. The van der Waals surface area contributed by atoms with Gasteiger partial charge in [-0.1, -0.05) is 0 Å². The molecular formula is C11H15NO3. The van der Waals surface area contributed by atoms with E-state index in [4.69, 9.17) is 15.2 Å². The zero-order valence-corrected chi connectivity index (χ0v) is 8.90. The van der Waals surface area contributed by atoms with Crippen molar-refractivity contribution in [2.24, 2.45) is 0 Å². The molecule has 0 atom stereocenters. The second kappa shape index (κ2) is 5.24. The maximum Gasteiger partial charge on any atom is 0.344 e. The van der Waals surface area contributed by atoms with Crippen LogP contribution in [0.15, 0.2) is 24.3 Å². The average Bonchev–Trinajstić information content (AvgIpc) is 2.16. The van der Waals surface area contributed by atoms with Gasteiger partial charge in [0.1, 0.15) is 5.75 Å². The summed E-state index contributed by atoms with van der Waals surface area (Å²) in [7, 11) is 0. The number of rotatable bonds is 4. The number of esters is 1. The van der Waals surface area contributed by atoms with Gasteiger partial charge in [0.2, 0.25) is 0 Å². The summed E-state index contributed by atoms with van der Waals surface area (Å²) in [6.45, 7) is 3.50. The molecule has 1 aromatic carbocycles. The largest absolute Gasteiger partial charge is 0.482 e. The lowest BCUT2D eigenvalue weighted by Gasteiger charge is -2.09. The number of benzene rings is 1. The zero-order valence-electron chi connectivity index (χ0n) is 8.90. The van der Waals surface area contributed by atoms with Crippen LogP contribution in [0.3, 0.4) is 0 Å². The molecule has 0 amide bonds. The Hall–Kier alpha value is -1.71. The molecule has 0 heterocycles. The standard InChI is InChI=1S/C11H15NO3/c1-8(2)15-11(13)7-14-10-5-3-9(12)4-6-10/h3-6,8H,7,12H2,1-2H3. The molecule has 0 aliphatic carbocycles. The minimum Gasteiger partial charge on any atom is -0.482 e. The predicted molar refractivity (Wildman–Crippen MR) is 57.6 cm³/mol. The number of hydrogen-bond acceptors (Lipinski definition) is 4. The third-order valence-electron chi connectivity index (χ3n) is 1.60.